The molecular weight excluding hydrogens is 685 g/mol. The first-order valence-corrected chi connectivity index (χ1v) is 18.0. The van der Waals surface area contributed by atoms with E-state index >= 15 is 0 Å². The normalized spacial score (nSPS) is 18.2. The topological polar surface area (TPSA) is 150 Å². The van der Waals surface area contributed by atoms with Gasteiger partial charge in [-0.3, -0.25) is 19.4 Å². The van der Waals surface area contributed by atoms with Crippen LogP contribution in [-0.2, 0) is 11.8 Å². The number of fused-ring (bicyclic) bond motifs is 1. The highest BCUT2D eigenvalue weighted by Crippen LogP contribution is 2.50. The molecular formula is C37H40N8O6S. The number of amides is 1. The van der Waals surface area contributed by atoms with Crippen LogP contribution in [0.15, 0.2) is 77.6 Å². The Labute approximate surface area is 304 Å². The average Bonchev–Trinajstić information content (AvgIpc) is 3.46. The van der Waals surface area contributed by atoms with E-state index in [0.29, 0.717) is 40.2 Å². The fourth-order valence-electron chi connectivity index (χ4n) is 6.37. The summed E-state index contributed by atoms with van der Waals surface area (Å²) < 4.78 is 13.7. The van der Waals surface area contributed by atoms with Gasteiger partial charge in [-0.25, -0.2) is 0 Å². The number of anilines is 2. The van der Waals surface area contributed by atoms with Gasteiger partial charge in [0.2, 0.25) is 11.9 Å². The maximum absolute atomic E-state index is 14.1. The maximum Gasteiger partial charge on any atom is 0.330 e. The van der Waals surface area contributed by atoms with E-state index in [1.165, 1.54) is 28.5 Å². The molecule has 2 aromatic heterocycles. The van der Waals surface area contributed by atoms with Gasteiger partial charge >= 0.3 is 12.0 Å². The lowest BCUT2D eigenvalue weighted by Gasteiger charge is -2.34. The third kappa shape index (κ3) is 7.07. The molecule has 270 valence electrons. The summed E-state index contributed by atoms with van der Waals surface area (Å²) in [4.78, 5) is 48.1. The van der Waals surface area contributed by atoms with Crippen LogP contribution < -0.4 is 24.8 Å². The summed E-state index contributed by atoms with van der Waals surface area (Å²) in [6, 6.07) is 20.4. The number of ether oxygens (including phenoxy) is 2. The van der Waals surface area contributed by atoms with Crippen LogP contribution in [0.25, 0.3) is 10.9 Å². The molecule has 52 heavy (non-hydrogen) atoms. The fourth-order valence-corrected chi connectivity index (χ4v) is 7.90. The lowest BCUT2D eigenvalue weighted by Crippen LogP contribution is -2.49. The minimum atomic E-state index is -0.565. The third-order valence-electron chi connectivity index (χ3n) is 9.31. The quantitative estimate of drug-likeness (QED) is 0.194. The number of pyridine rings is 1. The van der Waals surface area contributed by atoms with E-state index in [-0.39, 0.29) is 46.2 Å². The summed E-state index contributed by atoms with van der Waals surface area (Å²) in [5, 5.41) is 21.0. The predicted molar refractivity (Wildman–Crippen MR) is 200 cm³/mol. The highest BCUT2D eigenvalue weighted by molar-refractivity contribution is 8.01. The molecule has 0 radical (unpaired) electrons. The van der Waals surface area contributed by atoms with Gasteiger partial charge in [-0.2, -0.15) is 9.97 Å². The zero-order valence-electron chi connectivity index (χ0n) is 29.3. The summed E-state index contributed by atoms with van der Waals surface area (Å²) >= 11 is 1.47. The van der Waals surface area contributed by atoms with Crippen LogP contribution in [0.4, 0.5) is 11.6 Å². The minimum Gasteiger partial charge on any atom is -0.504 e. The molecule has 0 saturated carbocycles. The molecule has 7 rings (SSSR count). The number of nitrogens with zero attached hydrogens (tertiary/aromatic N) is 8. The highest BCUT2D eigenvalue weighted by atomic mass is 32.2. The van der Waals surface area contributed by atoms with Crippen molar-refractivity contribution in [1.29, 1.82) is 0 Å². The zero-order chi connectivity index (χ0) is 36.5. The molecule has 2 saturated heterocycles. The van der Waals surface area contributed by atoms with Crippen LogP contribution in [-0.4, -0.2) is 104 Å². The molecule has 4 heterocycles. The molecule has 14 nitrogen and oxygen atoms in total. The summed E-state index contributed by atoms with van der Waals surface area (Å²) in [5.74, 6) is 0.401. The number of hydrogen-bond acceptors (Lipinski definition) is 13. The molecule has 2 aliphatic heterocycles. The lowest BCUT2D eigenvalue weighted by molar-refractivity contribution is -0.118. The molecule has 1 amide bonds. The Morgan fingerprint density at radius 1 is 0.865 bits per heavy atom. The second-order valence-corrected chi connectivity index (χ2v) is 14.1. The van der Waals surface area contributed by atoms with E-state index in [1.54, 1.807) is 67.3 Å². The van der Waals surface area contributed by atoms with Crippen molar-refractivity contribution in [2.24, 2.45) is 7.05 Å². The minimum absolute atomic E-state index is 0.0341. The fraction of sp³-hybridized carbons (Fsp3) is 0.324. The van der Waals surface area contributed by atoms with Crippen LogP contribution in [0.3, 0.4) is 0 Å². The Hall–Kier alpha value is -5.38. The van der Waals surface area contributed by atoms with Crippen LogP contribution in [0.1, 0.15) is 17.9 Å². The number of rotatable bonds is 10. The SMILES string of the molecule is CCN1CCN(CC2SC(c3cccc(O)c3O)N(c3ccc(Oc4nc(Oc5cc(=O)n(C)c6ccccc56)nc(N(C)C)n4)cc3)C2=O)CC1. The van der Waals surface area contributed by atoms with Crippen molar-refractivity contribution < 1.29 is 24.5 Å². The number of aryl methyl sites for hydroxylation is 1. The summed E-state index contributed by atoms with van der Waals surface area (Å²) in [6.07, 6.45) is 0. The van der Waals surface area contributed by atoms with Gasteiger partial charge in [-0.15, -0.1) is 16.7 Å². The second-order valence-electron chi connectivity index (χ2n) is 12.9. The smallest absolute Gasteiger partial charge is 0.330 e. The Morgan fingerprint density at radius 2 is 1.56 bits per heavy atom. The molecule has 3 aromatic carbocycles. The molecule has 2 unspecified atom stereocenters. The van der Waals surface area contributed by atoms with E-state index in [4.69, 9.17) is 9.47 Å². The molecule has 2 aliphatic rings. The third-order valence-corrected chi connectivity index (χ3v) is 10.7. The number of phenols is 2. The first-order valence-electron chi connectivity index (χ1n) is 17.0. The lowest BCUT2D eigenvalue weighted by atomic mass is 10.1. The highest BCUT2D eigenvalue weighted by Gasteiger charge is 2.44. The first-order chi connectivity index (χ1) is 25.1. The number of benzene rings is 3. The van der Waals surface area contributed by atoms with E-state index in [9.17, 15) is 19.8 Å². The van der Waals surface area contributed by atoms with Gasteiger partial charge in [0.15, 0.2) is 11.5 Å². The standard InChI is InChI=1S/C37H40N8O6S/c1-5-43-17-19-44(20-18-43)22-30-33(49)45(34(52-30)26-10-8-12-28(46)32(26)48)23-13-15-24(16-14-23)50-36-38-35(41(2)3)39-37(40-36)51-29-21-31(47)42(4)27-11-7-6-9-25(27)29/h6-16,21,30,34,46,48H,5,17-20,22H2,1-4H3. The Bertz CT molecular complexity index is 2160. The Kier molecular flexibility index (Phi) is 9.90. The molecule has 2 atom stereocenters. The molecule has 15 heteroatoms. The summed E-state index contributed by atoms with van der Waals surface area (Å²) in [5.41, 5.74) is 1.50. The van der Waals surface area contributed by atoms with E-state index in [0.717, 1.165) is 32.7 Å². The summed E-state index contributed by atoms with van der Waals surface area (Å²) in [7, 11) is 5.24. The van der Waals surface area contributed by atoms with Gasteiger partial charge in [0.05, 0.1) is 10.8 Å². The molecule has 0 bridgehead atoms. The van der Waals surface area contributed by atoms with Gasteiger partial charge in [0, 0.05) is 76.6 Å². The van der Waals surface area contributed by atoms with E-state index in [2.05, 4.69) is 31.7 Å². The Balaban J connectivity index is 1.15. The molecule has 2 N–H and O–H groups in total. The van der Waals surface area contributed by atoms with Gasteiger partial charge in [0.25, 0.3) is 5.56 Å². The summed E-state index contributed by atoms with van der Waals surface area (Å²) in [6.45, 7) is 7.42. The predicted octanol–water partition coefficient (Wildman–Crippen LogP) is 4.57. The number of carbonyl (C=O) groups is 1. The number of piperazine rings is 1. The van der Waals surface area contributed by atoms with Gasteiger partial charge < -0.3 is 34.1 Å². The largest absolute Gasteiger partial charge is 0.504 e. The number of phenolic OH excluding ortho intramolecular Hbond substituents is 2. The number of carbonyl (C=O) groups excluding carboxylic acids is 1. The van der Waals surface area contributed by atoms with Crippen molar-refractivity contribution in [2.45, 2.75) is 17.5 Å². The Morgan fingerprint density at radius 3 is 2.27 bits per heavy atom. The molecule has 2 fully saturated rings. The number of para-hydroxylation sites is 2. The van der Waals surface area contributed by atoms with Crippen molar-refractivity contribution in [2.75, 3.05) is 63.2 Å². The van der Waals surface area contributed by atoms with Crippen LogP contribution >= 0.6 is 11.8 Å². The molecule has 5 aromatic rings. The number of aromatic nitrogens is 4. The van der Waals surface area contributed by atoms with Crippen molar-refractivity contribution in [3.63, 3.8) is 0 Å². The van der Waals surface area contributed by atoms with E-state index < -0.39 is 5.37 Å². The van der Waals surface area contributed by atoms with Crippen molar-refractivity contribution in [1.82, 2.24) is 29.3 Å². The maximum atomic E-state index is 14.1. The number of thioether (sulfide) groups is 1. The number of hydrogen-bond donors (Lipinski definition) is 2. The monoisotopic (exact) mass is 724 g/mol. The number of aromatic hydroxyl groups is 2. The van der Waals surface area contributed by atoms with Crippen LogP contribution in [0.2, 0.25) is 0 Å². The molecule has 0 spiro atoms. The van der Waals surface area contributed by atoms with Crippen LogP contribution in [0, 0.1) is 0 Å². The first kappa shape index (κ1) is 35.0. The van der Waals surface area contributed by atoms with Crippen molar-refractivity contribution in [3.05, 3.63) is 88.7 Å². The average molecular weight is 725 g/mol. The van der Waals surface area contributed by atoms with Crippen LogP contribution in [0.5, 0.6) is 35.0 Å². The second kappa shape index (κ2) is 14.7. The van der Waals surface area contributed by atoms with Gasteiger partial charge in [-0.1, -0.05) is 31.2 Å². The zero-order valence-corrected chi connectivity index (χ0v) is 30.2. The van der Waals surface area contributed by atoms with Crippen molar-refractivity contribution in [3.8, 4) is 35.0 Å². The van der Waals surface area contributed by atoms with E-state index in [1.807, 2.05) is 24.3 Å². The van der Waals surface area contributed by atoms with Gasteiger partial charge in [-0.05, 0) is 49.0 Å². The van der Waals surface area contributed by atoms with Crippen molar-refractivity contribution >= 4 is 40.2 Å². The molecule has 0 aliphatic carbocycles. The number of likely N-dealkylation sites (N-methyl/N-ethyl adjacent to an activating group) is 1. The van der Waals surface area contributed by atoms with Gasteiger partial charge in [0.1, 0.15) is 16.9 Å².